The van der Waals surface area contributed by atoms with Crippen LogP contribution in [0.4, 0.5) is 11.4 Å². The Hall–Kier alpha value is -2.90. The molecule has 2 N–H and O–H groups in total. The van der Waals surface area contributed by atoms with Crippen LogP contribution in [0.3, 0.4) is 0 Å². The summed E-state index contributed by atoms with van der Waals surface area (Å²) in [7, 11) is 1.25. The monoisotopic (exact) mass is 333 g/mol. The van der Waals surface area contributed by atoms with Gasteiger partial charge in [-0.15, -0.1) is 0 Å². The summed E-state index contributed by atoms with van der Waals surface area (Å²) in [5.41, 5.74) is 6.24. The molecule has 0 aromatic heterocycles. The van der Waals surface area contributed by atoms with E-state index in [9.17, 15) is 19.7 Å². The number of benzene rings is 1. The van der Waals surface area contributed by atoms with Gasteiger partial charge in [-0.05, 0) is 30.5 Å². The Balaban J connectivity index is 2.30. The number of primary amides is 1. The summed E-state index contributed by atoms with van der Waals surface area (Å²) in [4.78, 5) is 35.2. The first-order chi connectivity index (χ1) is 11.4. The molecule has 24 heavy (non-hydrogen) atoms. The number of hydrogen-bond donors (Lipinski definition) is 1. The summed E-state index contributed by atoms with van der Waals surface area (Å²) in [5.74, 6) is -1.24. The van der Waals surface area contributed by atoms with E-state index in [-0.39, 0.29) is 17.5 Å². The van der Waals surface area contributed by atoms with E-state index in [0.29, 0.717) is 30.8 Å². The van der Waals surface area contributed by atoms with E-state index < -0.39 is 10.9 Å². The van der Waals surface area contributed by atoms with Crippen LogP contribution in [0.5, 0.6) is 0 Å². The van der Waals surface area contributed by atoms with Crippen LogP contribution in [-0.2, 0) is 14.3 Å². The maximum Gasteiger partial charge on any atom is 0.330 e. The number of nitrogens with two attached hydrogens (primary N) is 1. The maximum atomic E-state index is 11.4. The Bertz CT molecular complexity index is 686. The van der Waals surface area contributed by atoms with Crippen LogP contribution in [0.1, 0.15) is 18.4 Å². The van der Waals surface area contributed by atoms with Crippen molar-refractivity contribution in [1.82, 2.24) is 0 Å². The van der Waals surface area contributed by atoms with Gasteiger partial charge in [0, 0.05) is 25.2 Å². The molecule has 0 radical (unpaired) electrons. The molecule has 1 aromatic rings. The summed E-state index contributed by atoms with van der Waals surface area (Å²) < 4.78 is 4.49. The number of anilines is 1. The number of nitro benzene ring substituents is 1. The molecular formula is C16H19N3O5. The summed E-state index contributed by atoms with van der Waals surface area (Å²) in [6.45, 7) is 0.996. The number of esters is 1. The van der Waals surface area contributed by atoms with Crippen LogP contribution in [0, 0.1) is 16.0 Å². The molecule has 1 heterocycles. The predicted molar refractivity (Wildman–Crippen MR) is 88.3 cm³/mol. The van der Waals surface area contributed by atoms with Crippen molar-refractivity contribution in [2.45, 2.75) is 12.8 Å². The average Bonchev–Trinajstić information content (AvgIpc) is 2.59. The van der Waals surface area contributed by atoms with Gasteiger partial charge in [-0.3, -0.25) is 14.9 Å². The number of piperidine rings is 1. The normalized spacial score (nSPS) is 17.7. The minimum atomic E-state index is -0.540. The van der Waals surface area contributed by atoms with Gasteiger partial charge in [0.25, 0.3) is 5.69 Å². The highest BCUT2D eigenvalue weighted by Gasteiger charge is 2.28. The zero-order chi connectivity index (χ0) is 17.7. The van der Waals surface area contributed by atoms with Gasteiger partial charge in [0.2, 0.25) is 5.91 Å². The molecule has 1 unspecified atom stereocenters. The zero-order valence-corrected chi connectivity index (χ0v) is 13.3. The number of hydrogen-bond acceptors (Lipinski definition) is 6. The van der Waals surface area contributed by atoms with Crippen LogP contribution in [-0.4, -0.2) is 37.0 Å². The largest absolute Gasteiger partial charge is 0.466 e. The van der Waals surface area contributed by atoms with Crippen LogP contribution in [0.2, 0.25) is 0 Å². The maximum absolute atomic E-state index is 11.4. The number of methoxy groups -OCH3 is 1. The van der Waals surface area contributed by atoms with E-state index in [4.69, 9.17) is 5.73 Å². The molecule has 1 aliphatic rings. The van der Waals surface area contributed by atoms with Crippen molar-refractivity contribution in [2.24, 2.45) is 11.7 Å². The number of ether oxygens (including phenoxy) is 1. The molecule has 1 aliphatic heterocycles. The van der Waals surface area contributed by atoms with Gasteiger partial charge in [-0.2, -0.15) is 0 Å². The van der Waals surface area contributed by atoms with Gasteiger partial charge in [0.1, 0.15) is 5.69 Å². The fourth-order valence-electron chi connectivity index (χ4n) is 2.72. The first-order valence-corrected chi connectivity index (χ1v) is 7.51. The van der Waals surface area contributed by atoms with Crippen LogP contribution in [0.15, 0.2) is 24.3 Å². The Kier molecular flexibility index (Phi) is 5.51. The van der Waals surface area contributed by atoms with Crippen LogP contribution >= 0.6 is 0 Å². The second-order valence-corrected chi connectivity index (χ2v) is 5.55. The minimum Gasteiger partial charge on any atom is -0.466 e. The molecule has 0 spiro atoms. The van der Waals surface area contributed by atoms with Crippen molar-refractivity contribution in [3.05, 3.63) is 40.0 Å². The van der Waals surface area contributed by atoms with Gasteiger partial charge in [0.05, 0.1) is 18.0 Å². The number of nitrogens with zero attached hydrogens (tertiary/aromatic N) is 2. The zero-order valence-electron chi connectivity index (χ0n) is 13.3. The molecule has 0 bridgehead atoms. The quantitative estimate of drug-likeness (QED) is 0.378. The second kappa shape index (κ2) is 7.58. The fraction of sp³-hybridized carbons (Fsp3) is 0.375. The molecule has 2 rings (SSSR count). The van der Waals surface area contributed by atoms with Gasteiger partial charge >= 0.3 is 5.97 Å². The third-order valence-corrected chi connectivity index (χ3v) is 3.97. The lowest BCUT2D eigenvalue weighted by molar-refractivity contribution is -0.384. The first-order valence-electron chi connectivity index (χ1n) is 7.51. The van der Waals surface area contributed by atoms with Crippen molar-refractivity contribution >= 4 is 29.3 Å². The first kappa shape index (κ1) is 17.5. The number of nitro groups is 1. The summed E-state index contributed by atoms with van der Waals surface area (Å²) >= 11 is 0. The fourth-order valence-corrected chi connectivity index (χ4v) is 2.72. The number of amides is 1. The number of carbonyl (C=O) groups is 2. The van der Waals surface area contributed by atoms with E-state index in [0.717, 1.165) is 6.42 Å². The predicted octanol–water partition coefficient (Wildman–Crippen LogP) is 1.48. The molecule has 1 atom stereocenters. The number of rotatable bonds is 5. The van der Waals surface area contributed by atoms with E-state index in [1.54, 1.807) is 12.1 Å². The van der Waals surface area contributed by atoms with Crippen molar-refractivity contribution in [3.63, 3.8) is 0 Å². The lowest BCUT2D eigenvalue weighted by atomic mass is 9.96. The Morgan fingerprint density at radius 1 is 1.46 bits per heavy atom. The van der Waals surface area contributed by atoms with Crippen molar-refractivity contribution in [1.29, 1.82) is 0 Å². The molecule has 1 fully saturated rings. The summed E-state index contributed by atoms with van der Waals surface area (Å²) in [6.07, 6.45) is 4.09. The molecule has 128 valence electrons. The molecular weight excluding hydrogens is 314 g/mol. The highest BCUT2D eigenvalue weighted by molar-refractivity contribution is 5.87. The van der Waals surface area contributed by atoms with E-state index >= 15 is 0 Å². The lowest BCUT2D eigenvalue weighted by Crippen LogP contribution is -2.41. The Morgan fingerprint density at radius 2 is 2.21 bits per heavy atom. The third kappa shape index (κ3) is 4.09. The van der Waals surface area contributed by atoms with Gasteiger partial charge in [0.15, 0.2) is 0 Å². The average molecular weight is 333 g/mol. The second-order valence-electron chi connectivity index (χ2n) is 5.55. The molecule has 8 nitrogen and oxygen atoms in total. The molecule has 0 saturated carbocycles. The smallest absolute Gasteiger partial charge is 0.330 e. The molecule has 8 heteroatoms. The van der Waals surface area contributed by atoms with Crippen LogP contribution < -0.4 is 10.6 Å². The van der Waals surface area contributed by atoms with E-state index in [1.807, 2.05) is 4.90 Å². The van der Waals surface area contributed by atoms with Crippen LogP contribution in [0.25, 0.3) is 6.08 Å². The summed E-state index contributed by atoms with van der Waals surface area (Å²) in [5, 5.41) is 11.4. The standard InChI is InChI=1S/C16H19N3O5/c1-24-15(20)7-5-11-4-6-13(14(9-11)19(22)23)18-8-2-3-12(10-18)16(17)21/h4-7,9,12H,2-3,8,10H2,1H3,(H2,17,21)/b7-5+. The summed E-state index contributed by atoms with van der Waals surface area (Å²) in [6, 6.07) is 4.69. The van der Waals surface area contributed by atoms with E-state index in [2.05, 4.69) is 4.74 Å². The van der Waals surface area contributed by atoms with Gasteiger partial charge in [-0.1, -0.05) is 6.07 Å². The third-order valence-electron chi connectivity index (χ3n) is 3.97. The molecule has 1 aromatic carbocycles. The molecule has 1 saturated heterocycles. The van der Waals surface area contributed by atoms with Gasteiger partial charge < -0.3 is 15.4 Å². The van der Waals surface area contributed by atoms with Gasteiger partial charge in [-0.25, -0.2) is 4.79 Å². The molecule has 0 aliphatic carbocycles. The van der Waals surface area contributed by atoms with Crippen molar-refractivity contribution < 1.29 is 19.2 Å². The molecule has 1 amide bonds. The highest BCUT2D eigenvalue weighted by atomic mass is 16.6. The SMILES string of the molecule is COC(=O)/C=C/c1ccc(N2CCCC(C(N)=O)C2)c([N+](=O)[O-])c1. The Morgan fingerprint density at radius 3 is 2.83 bits per heavy atom. The minimum absolute atomic E-state index is 0.0767. The van der Waals surface area contributed by atoms with E-state index in [1.165, 1.54) is 25.3 Å². The Labute approximate surface area is 139 Å². The highest BCUT2D eigenvalue weighted by Crippen LogP contribution is 2.32. The van der Waals surface area contributed by atoms with Crippen molar-refractivity contribution in [2.75, 3.05) is 25.1 Å². The van der Waals surface area contributed by atoms with Crippen molar-refractivity contribution in [3.8, 4) is 0 Å². The lowest BCUT2D eigenvalue weighted by Gasteiger charge is -2.32. The number of carbonyl (C=O) groups excluding carboxylic acids is 2. The topological polar surface area (TPSA) is 116 Å².